The van der Waals surface area contributed by atoms with Gasteiger partial charge < -0.3 is 15.0 Å². The predicted molar refractivity (Wildman–Crippen MR) is 73.3 cm³/mol. The fourth-order valence-electron chi connectivity index (χ4n) is 1.81. The van der Waals surface area contributed by atoms with Gasteiger partial charge in [0.05, 0.1) is 17.7 Å². The number of anilines is 2. The molecule has 0 aliphatic carbocycles. The lowest BCUT2D eigenvalue weighted by atomic mass is 10.2. The Kier molecular flexibility index (Phi) is 3.87. The van der Waals surface area contributed by atoms with Gasteiger partial charge in [-0.15, -0.1) is 0 Å². The Bertz CT molecular complexity index is 696. The van der Waals surface area contributed by atoms with Crippen LogP contribution < -0.4 is 10.2 Å². The van der Waals surface area contributed by atoms with Gasteiger partial charge in [0.2, 0.25) is 5.52 Å². The largest absolute Gasteiger partial charge is 0.468 e. The van der Waals surface area contributed by atoms with Gasteiger partial charge in [0.1, 0.15) is 12.2 Å². The molecule has 1 N–H and O–H groups in total. The van der Waals surface area contributed by atoms with Crippen molar-refractivity contribution in [2.24, 2.45) is 0 Å². The zero-order valence-electron chi connectivity index (χ0n) is 11.6. The van der Waals surface area contributed by atoms with E-state index in [9.17, 15) is 14.9 Å². The summed E-state index contributed by atoms with van der Waals surface area (Å²) in [6.07, 6.45) is 0. The summed E-state index contributed by atoms with van der Waals surface area (Å²) in [6, 6.07) is 1.51. The van der Waals surface area contributed by atoms with Gasteiger partial charge >= 0.3 is 11.7 Å². The Morgan fingerprint density at radius 1 is 1.48 bits per heavy atom. The third kappa shape index (κ3) is 2.68. The van der Waals surface area contributed by atoms with Crippen molar-refractivity contribution < 1.29 is 19.1 Å². The minimum Gasteiger partial charge on any atom is -0.468 e. The second-order valence-electron chi connectivity index (χ2n) is 4.33. The lowest BCUT2D eigenvalue weighted by Gasteiger charge is -2.14. The minimum atomic E-state index is -0.550. The molecule has 0 atom stereocenters. The molecule has 1 aromatic carbocycles. The lowest BCUT2D eigenvalue weighted by molar-refractivity contribution is -0.382. The number of nitrogens with zero attached hydrogens (tertiary/aromatic N) is 4. The van der Waals surface area contributed by atoms with E-state index in [1.54, 1.807) is 19.0 Å². The molecule has 21 heavy (non-hydrogen) atoms. The number of methoxy groups -OCH3 is 1. The normalized spacial score (nSPS) is 10.4. The molecule has 0 spiro atoms. The molecule has 10 nitrogen and oxygen atoms in total. The summed E-state index contributed by atoms with van der Waals surface area (Å²) < 4.78 is 9.11. The van der Waals surface area contributed by atoms with Crippen LogP contribution in [0.1, 0.15) is 0 Å². The summed E-state index contributed by atoms with van der Waals surface area (Å²) in [5, 5.41) is 21.3. The molecule has 0 saturated carbocycles. The maximum atomic E-state index is 11.2. The van der Waals surface area contributed by atoms with Crippen molar-refractivity contribution in [1.82, 2.24) is 10.3 Å². The highest BCUT2D eigenvalue weighted by atomic mass is 16.6. The van der Waals surface area contributed by atoms with Crippen molar-refractivity contribution in [1.29, 1.82) is 0 Å². The van der Waals surface area contributed by atoms with Crippen LogP contribution in [0.3, 0.4) is 0 Å². The third-order valence-corrected chi connectivity index (χ3v) is 2.81. The van der Waals surface area contributed by atoms with Crippen molar-refractivity contribution in [3.63, 3.8) is 0 Å². The van der Waals surface area contributed by atoms with Gasteiger partial charge in [-0.25, -0.2) is 4.63 Å². The Morgan fingerprint density at radius 3 is 2.71 bits per heavy atom. The van der Waals surface area contributed by atoms with Crippen molar-refractivity contribution in [3.05, 3.63) is 16.2 Å². The molecule has 0 unspecified atom stereocenters. The molecule has 10 heteroatoms. The van der Waals surface area contributed by atoms with Crippen molar-refractivity contribution in [2.75, 3.05) is 38.0 Å². The van der Waals surface area contributed by atoms with Gasteiger partial charge in [-0.1, -0.05) is 0 Å². The van der Waals surface area contributed by atoms with Crippen molar-refractivity contribution in [3.8, 4) is 0 Å². The Balaban J connectivity index is 2.56. The zero-order valence-corrected chi connectivity index (χ0v) is 11.6. The number of hydrogen-bond acceptors (Lipinski definition) is 9. The van der Waals surface area contributed by atoms with Crippen molar-refractivity contribution >= 4 is 34.1 Å². The molecule has 0 bridgehead atoms. The Labute approximate surface area is 118 Å². The summed E-state index contributed by atoms with van der Waals surface area (Å²) in [4.78, 5) is 23.4. The number of hydrogen-bond donors (Lipinski definition) is 1. The molecule has 0 amide bonds. The van der Waals surface area contributed by atoms with Crippen LogP contribution in [-0.4, -0.2) is 49.0 Å². The average Bonchev–Trinajstić information content (AvgIpc) is 2.92. The molecule has 1 aromatic heterocycles. The van der Waals surface area contributed by atoms with E-state index in [1.165, 1.54) is 13.2 Å². The molecule has 1 heterocycles. The molecule has 0 aliphatic heterocycles. The zero-order chi connectivity index (χ0) is 15.6. The van der Waals surface area contributed by atoms with E-state index in [-0.39, 0.29) is 23.3 Å². The third-order valence-electron chi connectivity index (χ3n) is 2.81. The lowest BCUT2D eigenvalue weighted by Crippen LogP contribution is -2.16. The molecule has 0 saturated heterocycles. The smallest absolute Gasteiger partial charge is 0.325 e. The van der Waals surface area contributed by atoms with Crippen LogP contribution in [0.4, 0.5) is 17.1 Å². The van der Waals surface area contributed by atoms with Gasteiger partial charge in [0.25, 0.3) is 0 Å². The number of nitro groups is 1. The molecule has 0 aliphatic rings. The standard InChI is InChI=1S/C11H13N5O5/c1-15(2)7-4-6(12-5-8(17)20-3)9-10(14-21-13-9)11(7)16(18)19/h4,12H,5H2,1-3H3. The quantitative estimate of drug-likeness (QED) is 0.484. The Morgan fingerprint density at radius 2 is 2.14 bits per heavy atom. The number of ether oxygens (including phenoxy) is 1. The van der Waals surface area contributed by atoms with E-state index in [0.717, 1.165) is 0 Å². The van der Waals surface area contributed by atoms with Gasteiger partial charge in [-0.3, -0.25) is 14.9 Å². The molecule has 0 radical (unpaired) electrons. The number of aromatic nitrogens is 2. The molecular formula is C11H13N5O5. The van der Waals surface area contributed by atoms with E-state index in [1.807, 2.05) is 0 Å². The topological polar surface area (TPSA) is 124 Å². The first-order valence-electron chi connectivity index (χ1n) is 5.87. The summed E-state index contributed by atoms with van der Waals surface area (Å²) in [7, 11) is 4.58. The summed E-state index contributed by atoms with van der Waals surface area (Å²) >= 11 is 0. The number of carbonyl (C=O) groups excluding carboxylic acids is 1. The highest BCUT2D eigenvalue weighted by molar-refractivity contribution is 6.00. The van der Waals surface area contributed by atoms with Gasteiger partial charge in [0.15, 0.2) is 5.52 Å². The number of nitrogens with one attached hydrogen (secondary N) is 1. The first-order valence-corrected chi connectivity index (χ1v) is 5.87. The first kappa shape index (κ1) is 14.5. The van der Waals surface area contributed by atoms with Crippen molar-refractivity contribution in [2.45, 2.75) is 0 Å². The number of rotatable bonds is 5. The molecule has 0 fully saturated rings. The molecule has 112 valence electrons. The molecule has 2 rings (SSSR count). The Hall–Kier alpha value is -2.91. The van der Waals surface area contributed by atoms with E-state index in [2.05, 4.69) is 25.0 Å². The van der Waals surface area contributed by atoms with Crippen LogP contribution in [0.2, 0.25) is 0 Å². The maximum absolute atomic E-state index is 11.2. The van der Waals surface area contributed by atoms with E-state index < -0.39 is 10.9 Å². The highest BCUT2D eigenvalue weighted by Crippen LogP contribution is 2.37. The predicted octanol–water partition coefficient (Wildman–Crippen LogP) is 0.782. The summed E-state index contributed by atoms with van der Waals surface area (Å²) in [5.41, 5.74) is 0.691. The second-order valence-corrected chi connectivity index (χ2v) is 4.33. The van der Waals surface area contributed by atoms with Gasteiger partial charge in [-0.05, 0) is 16.4 Å². The number of nitro benzene ring substituents is 1. The van der Waals surface area contributed by atoms with Crippen LogP contribution >= 0.6 is 0 Å². The number of fused-ring (bicyclic) bond motifs is 1. The first-order chi connectivity index (χ1) is 9.95. The van der Waals surface area contributed by atoms with E-state index in [0.29, 0.717) is 11.4 Å². The SMILES string of the molecule is COC(=O)CNc1cc(N(C)C)c([N+](=O)[O-])c2nonc12. The fraction of sp³-hybridized carbons (Fsp3) is 0.364. The molecule has 2 aromatic rings. The van der Waals surface area contributed by atoms with E-state index >= 15 is 0 Å². The van der Waals surface area contributed by atoms with Crippen LogP contribution in [0.25, 0.3) is 11.0 Å². The monoisotopic (exact) mass is 295 g/mol. The average molecular weight is 295 g/mol. The van der Waals surface area contributed by atoms with Crippen LogP contribution in [0.15, 0.2) is 10.7 Å². The minimum absolute atomic E-state index is 0.0126. The van der Waals surface area contributed by atoms with Crippen LogP contribution in [-0.2, 0) is 9.53 Å². The fourth-order valence-corrected chi connectivity index (χ4v) is 1.81. The van der Waals surface area contributed by atoms with Gasteiger partial charge in [-0.2, -0.15) is 0 Å². The summed E-state index contributed by atoms with van der Waals surface area (Å²) in [5.74, 6) is -0.482. The molecular weight excluding hydrogens is 282 g/mol. The summed E-state index contributed by atoms with van der Waals surface area (Å²) in [6.45, 7) is -0.108. The maximum Gasteiger partial charge on any atom is 0.325 e. The van der Waals surface area contributed by atoms with Gasteiger partial charge in [0, 0.05) is 14.1 Å². The number of benzene rings is 1. The number of esters is 1. The number of carbonyl (C=O) groups is 1. The van der Waals surface area contributed by atoms with E-state index in [4.69, 9.17) is 0 Å². The van der Waals surface area contributed by atoms with Crippen LogP contribution in [0.5, 0.6) is 0 Å². The second kappa shape index (κ2) is 5.61. The highest BCUT2D eigenvalue weighted by Gasteiger charge is 2.26. The van der Waals surface area contributed by atoms with Crippen LogP contribution in [0, 0.1) is 10.1 Å².